The third-order valence-electron chi connectivity index (χ3n) is 5.34. The van der Waals surface area contributed by atoms with E-state index in [0.717, 1.165) is 0 Å². The van der Waals surface area contributed by atoms with E-state index in [4.69, 9.17) is 4.74 Å². The Hall–Kier alpha value is -4.15. The van der Waals surface area contributed by atoms with Gasteiger partial charge >= 0.3 is 6.36 Å². The summed E-state index contributed by atoms with van der Waals surface area (Å²) >= 11 is 0. The summed E-state index contributed by atoms with van der Waals surface area (Å²) in [5.41, 5.74) is 0.422. The number of amides is 1. The van der Waals surface area contributed by atoms with Crippen molar-refractivity contribution in [3.05, 3.63) is 84.1 Å². The number of benzene rings is 1. The van der Waals surface area contributed by atoms with Crippen LogP contribution >= 0.6 is 0 Å². The standard InChI is InChI=1S/C22H16F3N5O3/c23-22(24,25)33-15-6-4-14(5-7-15)21(8-12-32-17-3-1-9-26-18(17)21)29-20(31)16-13-28-30-11-2-10-27-19(16)30/h1-7,9-11,13H,8,12H2,(H,29,31). The Morgan fingerprint density at radius 2 is 1.91 bits per heavy atom. The first-order valence-electron chi connectivity index (χ1n) is 9.91. The van der Waals surface area contributed by atoms with Crippen molar-refractivity contribution in [2.45, 2.75) is 18.3 Å². The van der Waals surface area contributed by atoms with Crippen LogP contribution in [0.25, 0.3) is 5.65 Å². The zero-order chi connectivity index (χ0) is 23.1. The van der Waals surface area contributed by atoms with Crippen LogP contribution in [0.5, 0.6) is 11.5 Å². The van der Waals surface area contributed by atoms with E-state index in [0.29, 0.717) is 29.1 Å². The zero-order valence-corrected chi connectivity index (χ0v) is 16.9. The molecule has 1 atom stereocenters. The highest BCUT2D eigenvalue weighted by Crippen LogP contribution is 2.41. The van der Waals surface area contributed by atoms with Gasteiger partial charge in [-0.25, -0.2) is 9.50 Å². The molecule has 1 N–H and O–H groups in total. The van der Waals surface area contributed by atoms with Gasteiger partial charge in [-0.05, 0) is 35.9 Å². The Bertz CT molecular complexity index is 1320. The lowest BCUT2D eigenvalue weighted by molar-refractivity contribution is -0.274. The summed E-state index contributed by atoms with van der Waals surface area (Å²) in [6.07, 6.45) is 1.68. The topological polar surface area (TPSA) is 90.6 Å². The minimum Gasteiger partial charge on any atom is -0.491 e. The van der Waals surface area contributed by atoms with Crippen LogP contribution in [0, 0.1) is 0 Å². The maximum Gasteiger partial charge on any atom is 0.573 e. The minimum absolute atomic E-state index is 0.246. The number of rotatable bonds is 4. The summed E-state index contributed by atoms with van der Waals surface area (Å²) in [5.74, 6) is -0.358. The lowest BCUT2D eigenvalue weighted by Gasteiger charge is -2.39. The fourth-order valence-corrected chi connectivity index (χ4v) is 3.92. The lowest BCUT2D eigenvalue weighted by Crippen LogP contribution is -2.50. The number of hydrogen-bond donors (Lipinski definition) is 1. The van der Waals surface area contributed by atoms with Gasteiger partial charge in [0.05, 0.1) is 12.8 Å². The van der Waals surface area contributed by atoms with E-state index in [1.165, 1.54) is 35.0 Å². The molecule has 33 heavy (non-hydrogen) atoms. The van der Waals surface area contributed by atoms with Crippen molar-refractivity contribution in [3.63, 3.8) is 0 Å². The van der Waals surface area contributed by atoms with Gasteiger partial charge in [-0.2, -0.15) is 5.10 Å². The predicted octanol–water partition coefficient (Wildman–Crippen LogP) is 3.48. The number of halogens is 3. The summed E-state index contributed by atoms with van der Waals surface area (Å²) in [5, 5.41) is 7.18. The molecule has 0 radical (unpaired) electrons. The summed E-state index contributed by atoms with van der Waals surface area (Å²) in [7, 11) is 0. The average molecular weight is 455 g/mol. The molecular formula is C22H16F3N5O3. The highest BCUT2D eigenvalue weighted by atomic mass is 19.4. The maximum atomic E-state index is 13.4. The molecule has 0 spiro atoms. The molecule has 0 fully saturated rings. The van der Waals surface area contributed by atoms with Gasteiger partial charge in [0.1, 0.15) is 28.3 Å². The SMILES string of the molecule is O=C(NC1(c2ccc(OC(F)(F)F)cc2)CCOc2cccnc21)c1cnn2cccnc12. The number of alkyl halides is 3. The molecule has 4 aromatic rings. The van der Waals surface area contributed by atoms with Crippen molar-refractivity contribution in [1.82, 2.24) is 24.9 Å². The van der Waals surface area contributed by atoms with E-state index in [9.17, 15) is 18.0 Å². The van der Waals surface area contributed by atoms with E-state index in [-0.39, 0.29) is 17.9 Å². The van der Waals surface area contributed by atoms with Gasteiger partial charge in [0.25, 0.3) is 5.91 Å². The first-order valence-corrected chi connectivity index (χ1v) is 9.91. The Labute approximate surface area is 185 Å². The highest BCUT2D eigenvalue weighted by molar-refractivity contribution is 6.00. The van der Waals surface area contributed by atoms with Crippen LogP contribution in [0.2, 0.25) is 0 Å². The molecule has 168 valence electrons. The number of ether oxygens (including phenoxy) is 2. The molecule has 1 aromatic carbocycles. The molecular weight excluding hydrogens is 439 g/mol. The number of fused-ring (bicyclic) bond motifs is 2. The Morgan fingerprint density at radius 3 is 2.70 bits per heavy atom. The van der Waals surface area contributed by atoms with Crippen LogP contribution in [-0.4, -0.2) is 38.5 Å². The van der Waals surface area contributed by atoms with Gasteiger partial charge in [0.2, 0.25) is 0 Å². The first-order chi connectivity index (χ1) is 15.9. The number of hydrogen-bond acceptors (Lipinski definition) is 6. The van der Waals surface area contributed by atoms with Crippen molar-refractivity contribution >= 4 is 11.6 Å². The third kappa shape index (κ3) is 3.81. The predicted molar refractivity (Wildman–Crippen MR) is 109 cm³/mol. The van der Waals surface area contributed by atoms with Gasteiger partial charge in [0, 0.05) is 25.0 Å². The smallest absolute Gasteiger partial charge is 0.491 e. The van der Waals surface area contributed by atoms with E-state index in [2.05, 4.69) is 25.1 Å². The Kier molecular flexibility index (Phi) is 4.88. The Morgan fingerprint density at radius 1 is 1.12 bits per heavy atom. The summed E-state index contributed by atoms with van der Waals surface area (Å²) in [6, 6.07) is 10.5. The van der Waals surface area contributed by atoms with E-state index < -0.39 is 17.8 Å². The largest absolute Gasteiger partial charge is 0.573 e. The third-order valence-corrected chi connectivity index (χ3v) is 5.34. The highest BCUT2D eigenvalue weighted by Gasteiger charge is 2.43. The van der Waals surface area contributed by atoms with Gasteiger partial charge in [-0.1, -0.05) is 12.1 Å². The van der Waals surface area contributed by atoms with Crippen LogP contribution in [0.4, 0.5) is 13.2 Å². The molecule has 1 amide bonds. The summed E-state index contributed by atoms with van der Waals surface area (Å²) < 4.78 is 49.0. The van der Waals surface area contributed by atoms with Gasteiger partial charge in [-0.3, -0.25) is 9.78 Å². The molecule has 4 heterocycles. The summed E-state index contributed by atoms with van der Waals surface area (Å²) in [6.45, 7) is 0.257. The molecule has 0 aliphatic carbocycles. The van der Waals surface area contributed by atoms with E-state index in [1.54, 1.807) is 36.8 Å². The van der Waals surface area contributed by atoms with Crippen molar-refractivity contribution < 1.29 is 27.4 Å². The molecule has 0 saturated heterocycles. The average Bonchev–Trinajstić information content (AvgIpc) is 3.23. The molecule has 1 unspecified atom stereocenters. The number of nitrogens with zero attached hydrogens (tertiary/aromatic N) is 4. The molecule has 11 heteroatoms. The molecule has 3 aromatic heterocycles. The Balaban J connectivity index is 1.58. The summed E-state index contributed by atoms with van der Waals surface area (Å²) in [4.78, 5) is 22.0. The van der Waals surface area contributed by atoms with Gasteiger partial charge < -0.3 is 14.8 Å². The minimum atomic E-state index is -4.81. The van der Waals surface area contributed by atoms with Crippen LogP contribution in [0.1, 0.15) is 28.0 Å². The fourth-order valence-electron chi connectivity index (χ4n) is 3.92. The normalized spacial score (nSPS) is 17.8. The molecule has 5 rings (SSSR count). The molecule has 1 aliphatic rings. The zero-order valence-electron chi connectivity index (χ0n) is 16.9. The number of nitrogens with one attached hydrogen (secondary N) is 1. The van der Waals surface area contributed by atoms with Crippen LogP contribution in [0.15, 0.2) is 67.3 Å². The molecule has 1 aliphatic heterocycles. The second kappa shape index (κ2) is 7.76. The second-order valence-corrected chi connectivity index (χ2v) is 7.33. The van der Waals surface area contributed by atoms with Crippen molar-refractivity contribution in [2.24, 2.45) is 0 Å². The molecule has 0 saturated carbocycles. The van der Waals surface area contributed by atoms with Crippen LogP contribution < -0.4 is 14.8 Å². The quantitative estimate of drug-likeness (QED) is 0.507. The van der Waals surface area contributed by atoms with E-state index in [1.807, 2.05) is 0 Å². The van der Waals surface area contributed by atoms with E-state index >= 15 is 0 Å². The number of pyridine rings is 1. The molecule has 0 bridgehead atoms. The van der Waals surface area contributed by atoms with Gasteiger partial charge in [0.15, 0.2) is 5.65 Å². The van der Waals surface area contributed by atoms with Crippen molar-refractivity contribution in [1.29, 1.82) is 0 Å². The number of carbonyl (C=O) groups is 1. The number of aromatic nitrogens is 4. The monoisotopic (exact) mass is 455 g/mol. The van der Waals surface area contributed by atoms with Crippen molar-refractivity contribution in [3.8, 4) is 11.5 Å². The van der Waals surface area contributed by atoms with Crippen LogP contribution in [-0.2, 0) is 5.54 Å². The lowest BCUT2D eigenvalue weighted by atomic mass is 9.81. The maximum absolute atomic E-state index is 13.4. The second-order valence-electron chi connectivity index (χ2n) is 7.33. The van der Waals surface area contributed by atoms with Crippen LogP contribution in [0.3, 0.4) is 0 Å². The first kappa shape index (κ1) is 20.7. The molecule has 8 nitrogen and oxygen atoms in total. The fraction of sp³-hybridized carbons (Fsp3) is 0.182. The number of carbonyl (C=O) groups excluding carboxylic acids is 1. The van der Waals surface area contributed by atoms with Gasteiger partial charge in [-0.15, -0.1) is 13.2 Å². The van der Waals surface area contributed by atoms with Crippen molar-refractivity contribution in [2.75, 3.05) is 6.61 Å².